The molecule has 1 aliphatic carbocycles. The molecule has 4 heteroatoms. The number of carbonyl (C=O) groups excluding carboxylic acids is 2. The maximum atomic E-state index is 12.0. The van der Waals surface area contributed by atoms with Gasteiger partial charge >= 0.3 is 11.8 Å². The summed E-state index contributed by atoms with van der Waals surface area (Å²) in [5, 5.41) is 5.54. The van der Waals surface area contributed by atoms with Crippen molar-refractivity contribution >= 4 is 17.5 Å². The van der Waals surface area contributed by atoms with Gasteiger partial charge in [-0.1, -0.05) is 58.6 Å². The summed E-state index contributed by atoms with van der Waals surface area (Å²) in [6.07, 6.45) is 6.64. The molecule has 0 atom stereocenters. The van der Waals surface area contributed by atoms with E-state index in [-0.39, 0.29) is 11.5 Å². The maximum absolute atomic E-state index is 12.0. The third-order valence-corrected chi connectivity index (χ3v) is 4.41. The van der Waals surface area contributed by atoms with Crippen molar-refractivity contribution in [2.24, 2.45) is 0 Å². The third-order valence-electron chi connectivity index (χ3n) is 4.41. The number of hydrogen-bond donors (Lipinski definition) is 2. The van der Waals surface area contributed by atoms with Gasteiger partial charge in [0.1, 0.15) is 0 Å². The van der Waals surface area contributed by atoms with Crippen LogP contribution < -0.4 is 10.6 Å². The fourth-order valence-electron chi connectivity index (χ4n) is 2.92. The highest BCUT2D eigenvalue weighted by atomic mass is 16.2. The molecule has 4 nitrogen and oxygen atoms in total. The van der Waals surface area contributed by atoms with Crippen molar-refractivity contribution in [3.63, 3.8) is 0 Å². The predicted molar refractivity (Wildman–Crippen MR) is 93.4 cm³/mol. The topological polar surface area (TPSA) is 58.2 Å². The highest BCUT2D eigenvalue weighted by Gasteiger charge is 2.20. The largest absolute Gasteiger partial charge is 0.345 e. The van der Waals surface area contributed by atoms with Crippen LogP contribution in [0, 0.1) is 0 Å². The Morgan fingerprint density at radius 3 is 2.00 bits per heavy atom. The van der Waals surface area contributed by atoms with Crippen LogP contribution >= 0.6 is 0 Å². The first-order valence-corrected chi connectivity index (χ1v) is 8.58. The van der Waals surface area contributed by atoms with E-state index in [0.29, 0.717) is 5.69 Å². The fraction of sp³-hybridized carbons (Fsp3) is 0.579. The molecule has 126 valence electrons. The molecule has 23 heavy (non-hydrogen) atoms. The SMILES string of the molecule is CC(C)(C)c1ccc(NC(=O)C(=O)NC2CCCCCC2)cc1. The van der Waals surface area contributed by atoms with Crippen LogP contribution in [0.2, 0.25) is 0 Å². The van der Waals surface area contributed by atoms with E-state index >= 15 is 0 Å². The van der Waals surface area contributed by atoms with Crippen LogP contribution in [0.15, 0.2) is 24.3 Å². The van der Waals surface area contributed by atoms with E-state index in [0.717, 1.165) is 25.7 Å². The predicted octanol–water partition coefficient (Wildman–Crippen LogP) is 3.76. The standard InChI is InChI=1S/C19H28N2O2/c1-19(2,3)14-10-12-16(13-11-14)21-18(23)17(22)20-15-8-6-4-5-7-9-15/h10-13,15H,4-9H2,1-3H3,(H,20,22)(H,21,23). The van der Waals surface area contributed by atoms with E-state index in [1.165, 1.54) is 18.4 Å². The molecule has 0 saturated heterocycles. The molecule has 0 spiro atoms. The zero-order chi connectivity index (χ0) is 16.9. The van der Waals surface area contributed by atoms with Gasteiger partial charge in [-0.3, -0.25) is 9.59 Å². The molecule has 1 saturated carbocycles. The lowest BCUT2D eigenvalue weighted by atomic mass is 9.87. The summed E-state index contributed by atoms with van der Waals surface area (Å²) in [5.74, 6) is -1.12. The summed E-state index contributed by atoms with van der Waals surface area (Å²) in [7, 11) is 0. The van der Waals surface area contributed by atoms with Crippen molar-refractivity contribution in [2.45, 2.75) is 70.8 Å². The summed E-state index contributed by atoms with van der Waals surface area (Å²) in [6, 6.07) is 7.80. The van der Waals surface area contributed by atoms with Gasteiger partial charge in [-0.2, -0.15) is 0 Å². The van der Waals surface area contributed by atoms with E-state index < -0.39 is 11.8 Å². The van der Waals surface area contributed by atoms with E-state index in [1.807, 2.05) is 24.3 Å². The van der Waals surface area contributed by atoms with Crippen molar-refractivity contribution in [1.29, 1.82) is 0 Å². The summed E-state index contributed by atoms with van der Waals surface area (Å²) >= 11 is 0. The second-order valence-electron chi connectivity index (χ2n) is 7.44. The average molecular weight is 316 g/mol. The Kier molecular flexibility index (Phi) is 5.80. The zero-order valence-corrected chi connectivity index (χ0v) is 14.4. The van der Waals surface area contributed by atoms with E-state index in [9.17, 15) is 9.59 Å². The number of nitrogens with one attached hydrogen (secondary N) is 2. The van der Waals surface area contributed by atoms with E-state index in [2.05, 4.69) is 31.4 Å². The number of rotatable bonds is 2. The number of hydrogen-bond acceptors (Lipinski definition) is 2. The van der Waals surface area contributed by atoms with E-state index in [1.54, 1.807) is 0 Å². The Balaban J connectivity index is 1.89. The van der Waals surface area contributed by atoms with Crippen LogP contribution in [-0.2, 0) is 15.0 Å². The van der Waals surface area contributed by atoms with E-state index in [4.69, 9.17) is 0 Å². The minimum absolute atomic E-state index is 0.0689. The molecule has 1 aromatic rings. The second-order valence-corrected chi connectivity index (χ2v) is 7.44. The Morgan fingerprint density at radius 1 is 0.913 bits per heavy atom. The normalized spacial score (nSPS) is 16.5. The van der Waals surface area contributed by atoms with Crippen LogP contribution in [-0.4, -0.2) is 17.9 Å². The van der Waals surface area contributed by atoms with Gasteiger partial charge in [0.2, 0.25) is 0 Å². The van der Waals surface area contributed by atoms with Crippen LogP contribution in [0.4, 0.5) is 5.69 Å². The van der Waals surface area contributed by atoms with Crippen LogP contribution in [0.3, 0.4) is 0 Å². The smallest absolute Gasteiger partial charge is 0.313 e. The number of benzene rings is 1. The van der Waals surface area contributed by atoms with Gasteiger partial charge in [-0.25, -0.2) is 0 Å². The van der Waals surface area contributed by atoms with Crippen molar-refractivity contribution in [2.75, 3.05) is 5.32 Å². The highest BCUT2D eigenvalue weighted by Crippen LogP contribution is 2.23. The number of anilines is 1. The van der Waals surface area contributed by atoms with Gasteiger partial charge in [0, 0.05) is 11.7 Å². The van der Waals surface area contributed by atoms with Gasteiger partial charge in [0.05, 0.1) is 0 Å². The molecule has 0 heterocycles. The molecule has 1 aliphatic rings. The minimum Gasteiger partial charge on any atom is -0.345 e. The minimum atomic E-state index is -0.585. The molecule has 0 aromatic heterocycles. The molecule has 2 rings (SSSR count). The number of amides is 2. The zero-order valence-electron chi connectivity index (χ0n) is 14.4. The van der Waals surface area contributed by atoms with Crippen molar-refractivity contribution in [3.8, 4) is 0 Å². The summed E-state index contributed by atoms with van der Waals surface area (Å²) in [5.41, 5.74) is 1.91. The average Bonchev–Trinajstić information content (AvgIpc) is 2.75. The Hall–Kier alpha value is -1.84. The Morgan fingerprint density at radius 2 is 1.48 bits per heavy atom. The molecule has 0 radical (unpaired) electrons. The molecule has 0 unspecified atom stereocenters. The molecule has 0 aliphatic heterocycles. The van der Waals surface area contributed by atoms with Crippen LogP contribution in [0.5, 0.6) is 0 Å². The van der Waals surface area contributed by atoms with Gasteiger partial charge in [0.25, 0.3) is 0 Å². The highest BCUT2D eigenvalue weighted by molar-refractivity contribution is 6.39. The van der Waals surface area contributed by atoms with Gasteiger partial charge in [-0.15, -0.1) is 0 Å². The van der Waals surface area contributed by atoms with Crippen LogP contribution in [0.25, 0.3) is 0 Å². The molecule has 1 aromatic carbocycles. The lowest BCUT2D eigenvalue weighted by Crippen LogP contribution is -2.41. The molecule has 0 bridgehead atoms. The first-order chi connectivity index (χ1) is 10.9. The summed E-state index contributed by atoms with van der Waals surface area (Å²) in [4.78, 5) is 24.1. The van der Waals surface area contributed by atoms with Gasteiger partial charge < -0.3 is 10.6 Å². The van der Waals surface area contributed by atoms with Crippen LogP contribution in [0.1, 0.15) is 64.9 Å². The first kappa shape index (κ1) is 17.5. The van der Waals surface area contributed by atoms with Gasteiger partial charge in [0.15, 0.2) is 0 Å². The van der Waals surface area contributed by atoms with Crippen molar-refractivity contribution in [1.82, 2.24) is 5.32 Å². The lowest BCUT2D eigenvalue weighted by molar-refractivity contribution is -0.136. The fourth-order valence-corrected chi connectivity index (χ4v) is 2.92. The number of carbonyl (C=O) groups is 2. The van der Waals surface area contributed by atoms with Gasteiger partial charge in [-0.05, 0) is 36.0 Å². The monoisotopic (exact) mass is 316 g/mol. The molecule has 2 N–H and O–H groups in total. The third kappa shape index (κ3) is 5.38. The molecule has 1 fully saturated rings. The van der Waals surface area contributed by atoms with Crippen molar-refractivity contribution in [3.05, 3.63) is 29.8 Å². The lowest BCUT2D eigenvalue weighted by Gasteiger charge is -2.19. The maximum Gasteiger partial charge on any atom is 0.313 e. The summed E-state index contributed by atoms with van der Waals surface area (Å²) < 4.78 is 0. The quantitative estimate of drug-likeness (QED) is 0.644. The molecule has 2 amide bonds. The Labute approximate surface area is 139 Å². The first-order valence-electron chi connectivity index (χ1n) is 8.58. The van der Waals surface area contributed by atoms with Crippen molar-refractivity contribution < 1.29 is 9.59 Å². The second kappa shape index (κ2) is 7.62. The summed E-state index contributed by atoms with van der Waals surface area (Å²) in [6.45, 7) is 6.42. The molecular formula is C19H28N2O2. The Bertz CT molecular complexity index is 535. The molecular weight excluding hydrogens is 288 g/mol.